The Morgan fingerprint density at radius 1 is 1.67 bits per heavy atom. The van der Waals surface area contributed by atoms with E-state index in [2.05, 4.69) is 31.4 Å². The summed E-state index contributed by atoms with van der Waals surface area (Å²) in [5.74, 6) is 0. The highest BCUT2D eigenvalue weighted by Gasteiger charge is 2.16. The lowest BCUT2D eigenvalue weighted by atomic mass is 10.3. The number of hydrogen-bond acceptors (Lipinski definition) is 4. The third kappa shape index (κ3) is 3.24. The number of nitrogens with one attached hydrogen (secondary N) is 2. The van der Waals surface area contributed by atoms with Gasteiger partial charge in [-0.3, -0.25) is 4.79 Å². The minimum absolute atomic E-state index is 0.152. The molecule has 1 atom stereocenters. The third-order valence-electron chi connectivity index (χ3n) is 1.59. The number of aliphatic hydroxyl groups is 1. The molecule has 15 heavy (non-hydrogen) atoms. The molecule has 1 heterocycles. The second kappa shape index (κ2) is 5.17. The summed E-state index contributed by atoms with van der Waals surface area (Å²) in [6.45, 7) is -0.360. The number of alkyl halides is 2. The number of aromatic nitrogens is 2. The van der Waals surface area contributed by atoms with Crippen LogP contribution in [0.5, 0.6) is 0 Å². The van der Waals surface area contributed by atoms with Gasteiger partial charge in [0.1, 0.15) is 10.6 Å². The van der Waals surface area contributed by atoms with E-state index in [0.29, 0.717) is 0 Å². The van der Waals surface area contributed by atoms with Crippen molar-refractivity contribution in [3.63, 3.8) is 0 Å². The lowest BCUT2D eigenvalue weighted by Gasteiger charge is -2.11. The monoisotopic (exact) mass is 283 g/mol. The van der Waals surface area contributed by atoms with E-state index >= 15 is 0 Å². The number of aromatic amines is 1. The van der Waals surface area contributed by atoms with Crippen LogP contribution in [0.1, 0.15) is 0 Å². The number of aliphatic hydroxyl groups excluding tert-OH is 1. The van der Waals surface area contributed by atoms with Crippen molar-refractivity contribution in [3.05, 3.63) is 21.0 Å². The molecule has 3 N–H and O–H groups in total. The molecule has 0 aliphatic heterocycles. The van der Waals surface area contributed by atoms with Crippen LogP contribution < -0.4 is 10.9 Å². The van der Waals surface area contributed by atoms with Crippen molar-refractivity contribution in [1.29, 1.82) is 0 Å². The molecule has 1 aromatic rings. The SMILES string of the molecule is O=c1[nH]ncc(NCC(O)C(F)F)c1Br. The second-order valence-corrected chi connectivity index (χ2v) is 3.50. The minimum Gasteiger partial charge on any atom is -0.385 e. The minimum atomic E-state index is -2.83. The lowest BCUT2D eigenvalue weighted by Crippen LogP contribution is -2.27. The maximum atomic E-state index is 11.9. The van der Waals surface area contributed by atoms with E-state index in [1.165, 1.54) is 6.20 Å². The third-order valence-corrected chi connectivity index (χ3v) is 2.38. The Kier molecular flexibility index (Phi) is 4.15. The number of hydrogen-bond donors (Lipinski definition) is 3. The van der Waals surface area contributed by atoms with Gasteiger partial charge in [-0.15, -0.1) is 0 Å². The molecule has 1 unspecified atom stereocenters. The molecule has 0 spiro atoms. The van der Waals surface area contributed by atoms with Crippen LogP contribution in [0.3, 0.4) is 0 Å². The first kappa shape index (κ1) is 12.1. The lowest BCUT2D eigenvalue weighted by molar-refractivity contribution is 0.00383. The van der Waals surface area contributed by atoms with E-state index in [-0.39, 0.29) is 16.7 Å². The standard InChI is InChI=1S/C7H8BrF2N3O2/c8-5-3(1-12-13-7(5)15)11-2-4(14)6(9)10/h1,4,6,14H,2H2,(H2,11,13,15). The van der Waals surface area contributed by atoms with Gasteiger partial charge >= 0.3 is 0 Å². The van der Waals surface area contributed by atoms with Gasteiger partial charge in [-0.05, 0) is 15.9 Å². The second-order valence-electron chi connectivity index (χ2n) is 2.71. The molecule has 0 amide bonds. The Morgan fingerprint density at radius 3 is 2.93 bits per heavy atom. The van der Waals surface area contributed by atoms with Gasteiger partial charge in [0.2, 0.25) is 0 Å². The van der Waals surface area contributed by atoms with E-state index in [9.17, 15) is 13.6 Å². The van der Waals surface area contributed by atoms with Crippen molar-refractivity contribution >= 4 is 21.6 Å². The Morgan fingerprint density at radius 2 is 2.33 bits per heavy atom. The van der Waals surface area contributed by atoms with E-state index in [4.69, 9.17) is 5.11 Å². The first-order valence-electron chi connectivity index (χ1n) is 3.95. The van der Waals surface area contributed by atoms with E-state index in [0.717, 1.165) is 0 Å². The van der Waals surface area contributed by atoms with Crippen LogP contribution >= 0.6 is 15.9 Å². The molecule has 1 rings (SSSR count). The highest BCUT2D eigenvalue weighted by atomic mass is 79.9. The van der Waals surface area contributed by atoms with Crippen LogP contribution in [0.15, 0.2) is 15.5 Å². The summed E-state index contributed by atoms with van der Waals surface area (Å²) in [5.41, 5.74) is -0.231. The topological polar surface area (TPSA) is 78.0 Å². The van der Waals surface area contributed by atoms with E-state index < -0.39 is 18.1 Å². The zero-order chi connectivity index (χ0) is 11.4. The summed E-state index contributed by atoms with van der Waals surface area (Å²) in [6.07, 6.45) is -3.36. The van der Waals surface area contributed by atoms with Gasteiger partial charge in [-0.25, -0.2) is 13.9 Å². The molecule has 0 bridgehead atoms. The fourth-order valence-corrected chi connectivity index (χ4v) is 1.14. The van der Waals surface area contributed by atoms with Gasteiger partial charge in [0.25, 0.3) is 12.0 Å². The highest BCUT2D eigenvalue weighted by Crippen LogP contribution is 2.15. The van der Waals surface area contributed by atoms with Gasteiger partial charge in [0.15, 0.2) is 0 Å². The van der Waals surface area contributed by atoms with Crippen LogP contribution in [0, 0.1) is 0 Å². The van der Waals surface area contributed by atoms with Gasteiger partial charge in [-0.2, -0.15) is 5.10 Å². The van der Waals surface area contributed by atoms with Gasteiger partial charge < -0.3 is 10.4 Å². The molecule has 0 saturated heterocycles. The molecular weight excluding hydrogens is 276 g/mol. The summed E-state index contributed by atoms with van der Waals surface area (Å²) < 4.78 is 24.0. The zero-order valence-corrected chi connectivity index (χ0v) is 8.96. The van der Waals surface area contributed by atoms with Gasteiger partial charge in [0.05, 0.1) is 11.9 Å². The summed E-state index contributed by atoms with van der Waals surface area (Å²) >= 11 is 2.95. The van der Waals surface area contributed by atoms with Crippen molar-refractivity contribution in [2.24, 2.45) is 0 Å². The summed E-state index contributed by atoms with van der Waals surface area (Å²) in [5, 5.41) is 16.9. The zero-order valence-electron chi connectivity index (χ0n) is 7.38. The summed E-state index contributed by atoms with van der Waals surface area (Å²) in [6, 6.07) is 0. The molecule has 0 aliphatic carbocycles. The Balaban J connectivity index is 2.66. The molecule has 1 aromatic heterocycles. The fourth-order valence-electron chi connectivity index (χ4n) is 0.810. The average molecular weight is 284 g/mol. The van der Waals surface area contributed by atoms with E-state index in [1.54, 1.807) is 0 Å². The van der Waals surface area contributed by atoms with Crippen LogP contribution in [0.4, 0.5) is 14.5 Å². The summed E-state index contributed by atoms with van der Waals surface area (Å²) in [4.78, 5) is 11.0. The Hall–Kier alpha value is -1.02. The van der Waals surface area contributed by atoms with Crippen molar-refractivity contribution < 1.29 is 13.9 Å². The van der Waals surface area contributed by atoms with Crippen LogP contribution in [-0.4, -0.2) is 34.4 Å². The molecular formula is C7H8BrF2N3O2. The molecule has 0 radical (unpaired) electrons. The number of halogens is 3. The number of H-pyrrole nitrogens is 1. The molecule has 0 aromatic carbocycles. The largest absolute Gasteiger partial charge is 0.385 e. The molecule has 0 saturated carbocycles. The molecule has 5 nitrogen and oxygen atoms in total. The number of nitrogens with zero attached hydrogens (tertiary/aromatic N) is 1. The summed E-state index contributed by atoms with van der Waals surface area (Å²) in [7, 11) is 0. The average Bonchev–Trinajstić information content (AvgIpc) is 2.19. The van der Waals surface area contributed by atoms with Gasteiger partial charge in [0, 0.05) is 6.54 Å². The maximum Gasteiger partial charge on any atom is 0.280 e. The molecule has 84 valence electrons. The molecule has 8 heteroatoms. The predicted octanol–water partition coefficient (Wildman–Crippen LogP) is 0.570. The first-order valence-corrected chi connectivity index (χ1v) is 4.75. The van der Waals surface area contributed by atoms with Crippen LogP contribution in [0.2, 0.25) is 0 Å². The normalized spacial score (nSPS) is 12.9. The van der Waals surface area contributed by atoms with Crippen molar-refractivity contribution in [2.75, 3.05) is 11.9 Å². The van der Waals surface area contributed by atoms with Crippen molar-refractivity contribution in [3.8, 4) is 0 Å². The molecule has 0 aliphatic rings. The van der Waals surface area contributed by atoms with Crippen LogP contribution in [0.25, 0.3) is 0 Å². The smallest absolute Gasteiger partial charge is 0.280 e. The highest BCUT2D eigenvalue weighted by molar-refractivity contribution is 9.10. The van der Waals surface area contributed by atoms with E-state index in [1.807, 2.05) is 0 Å². The Bertz CT molecular complexity index is 385. The Labute approximate surface area is 91.6 Å². The fraction of sp³-hybridized carbons (Fsp3) is 0.429. The molecule has 0 fully saturated rings. The van der Waals surface area contributed by atoms with Crippen molar-refractivity contribution in [1.82, 2.24) is 10.2 Å². The van der Waals surface area contributed by atoms with Crippen molar-refractivity contribution in [2.45, 2.75) is 12.5 Å². The predicted molar refractivity (Wildman–Crippen MR) is 53.1 cm³/mol. The first-order chi connectivity index (χ1) is 7.02. The number of anilines is 1. The van der Waals surface area contributed by atoms with Crippen LogP contribution in [-0.2, 0) is 0 Å². The maximum absolute atomic E-state index is 11.9. The number of rotatable bonds is 4. The van der Waals surface area contributed by atoms with Gasteiger partial charge in [-0.1, -0.05) is 0 Å². The quantitative estimate of drug-likeness (QED) is 0.755.